The normalized spacial score (nSPS) is 12.7. The van der Waals surface area contributed by atoms with Crippen molar-refractivity contribution in [3.8, 4) is 0 Å². The number of hydrogen-bond acceptors (Lipinski definition) is 3. The molecule has 0 spiro atoms. The summed E-state index contributed by atoms with van der Waals surface area (Å²) < 4.78 is 5.68. The lowest BCUT2D eigenvalue weighted by Crippen LogP contribution is -1.98. The van der Waals surface area contributed by atoms with Crippen LogP contribution >= 0.6 is 23.4 Å². The van der Waals surface area contributed by atoms with Gasteiger partial charge >= 0.3 is 0 Å². The molecule has 2 aromatic carbocycles. The first-order chi connectivity index (χ1) is 10.1. The molecule has 1 atom stereocenters. The predicted octanol–water partition coefficient (Wildman–Crippen LogP) is 5.22. The number of para-hydroxylation sites is 1. The molecule has 0 aliphatic rings. The SMILES string of the molecule is Cc1cccc(SCC(O)c2cc3cccc(Cl)c3o2)c1. The third kappa shape index (κ3) is 3.26. The predicted molar refractivity (Wildman–Crippen MR) is 88.1 cm³/mol. The second kappa shape index (κ2) is 6.14. The summed E-state index contributed by atoms with van der Waals surface area (Å²) in [4.78, 5) is 1.14. The Morgan fingerprint density at radius 1 is 1.19 bits per heavy atom. The molecule has 0 aliphatic heterocycles. The van der Waals surface area contributed by atoms with E-state index in [1.165, 1.54) is 5.56 Å². The molecule has 1 unspecified atom stereocenters. The second-order valence-corrected chi connectivity index (χ2v) is 6.45. The Kier molecular flexibility index (Phi) is 4.24. The zero-order valence-electron chi connectivity index (χ0n) is 11.5. The fourth-order valence-electron chi connectivity index (χ4n) is 2.17. The Morgan fingerprint density at radius 3 is 2.76 bits per heavy atom. The zero-order valence-corrected chi connectivity index (χ0v) is 13.1. The Bertz CT molecular complexity index is 766. The van der Waals surface area contributed by atoms with Crippen LogP contribution in [0.5, 0.6) is 0 Å². The molecule has 2 nitrogen and oxygen atoms in total. The molecule has 0 aliphatic carbocycles. The molecule has 0 fully saturated rings. The highest BCUT2D eigenvalue weighted by atomic mass is 35.5. The van der Waals surface area contributed by atoms with Crippen LogP contribution in [0, 0.1) is 6.92 Å². The summed E-state index contributed by atoms with van der Waals surface area (Å²) in [6.45, 7) is 2.06. The minimum atomic E-state index is -0.654. The molecule has 3 aromatic rings. The van der Waals surface area contributed by atoms with Gasteiger partial charge in [0.05, 0.1) is 5.02 Å². The van der Waals surface area contributed by atoms with Crippen molar-refractivity contribution >= 4 is 34.3 Å². The molecule has 0 saturated carbocycles. The third-order valence-corrected chi connectivity index (χ3v) is 4.61. The van der Waals surface area contributed by atoms with Gasteiger partial charge in [0.1, 0.15) is 11.9 Å². The quantitative estimate of drug-likeness (QED) is 0.669. The maximum absolute atomic E-state index is 10.3. The lowest BCUT2D eigenvalue weighted by atomic mass is 10.2. The number of fused-ring (bicyclic) bond motifs is 1. The van der Waals surface area contributed by atoms with Crippen LogP contribution in [0.2, 0.25) is 5.02 Å². The molecule has 0 bridgehead atoms. The third-order valence-electron chi connectivity index (χ3n) is 3.24. The molecule has 0 radical (unpaired) electrons. The molecule has 3 rings (SSSR count). The summed E-state index contributed by atoms with van der Waals surface area (Å²) in [6, 6.07) is 15.7. The van der Waals surface area contributed by atoms with Crippen molar-refractivity contribution < 1.29 is 9.52 Å². The lowest BCUT2D eigenvalue weighted by molar-refractivity contribution is 0.177. The van der Waals surface area contributed by atoms with Crippen molar-refractivity contribution in [2.24, 2.45) is 0 Å². The fraction of sp³-hybridized carbons (Fsp3) is 0.176. The second-order valence-electron chi connectivity index (χ2n) is 4.95. The van der Waals surface area contributed by atoms with Gasteiger partial charge in [-0.3, -0.25) is 0 Å². The van der Waals surface area contributed by atoms with Gasteiger partial charge in [-0.25, -0.2) is 0 Å². The number of aryl methyl sites for hydroxylation is 1. The summed E-state index contributed by atoms with van der Waals surface area (Å²) in [6.07, 6.45) is -0.654. The summed E-state index contributed by atoms with van der Waals surface area (Å²) >= 11 is 7.69. The molecule has 1 aromatic heterocycles. The van der Waals surface area contributed by atoms with E-state index in [1.807, 2.05) is 30.3 Å². The topological polar surface area (TPSA) is 33.4 Å². The molecular formula is C17H15ClO2S. The number of furan rings is 1. The largest absolute Gasteiger partial charge is 0.457 e. The van der Waals surface area contributed by atoms with Crippen LogP contribution < -0.4 is 0 Å². The van der Waals surface area contributed by atoms with Crippen molar-refractivity contribution in [1.29, 1.82) is 0 Å². The minimum absolute atomic E-state index is 0.543. The Balaban J connectivity index is 1.75. The first-order valence-electron chi connectivity index (χ1n) is 6.69. The molecule has 1 heterocycles. The van der Waals surface area contributed by atoms with Crippen LogP contribution in [0.15, 0.2) is 57.8 Å². The minimum Gasteiger partial charge on any atom is -0.457 e. The van der Waals surface area contributed by atoms with Gasteiger partial charge in [0.25, 0.3) is 0 Å². The molecule has 0 saturated heterocycles. The van der Waals surface area contributed by atoms with Crippen molar-refractivity contribution in [3.63, 3.8) is 0 Å². The highest BCUT2D eigenvalue weighted by Crippen LogP contribution is 2.31. The van der Waals surface area contributed by atoms with Crippen molar-refractivity contribution in [3.05, 3.63) is 64.9 Å². The number of aliphatic hydroxyl groups excluding tert-OH is 1. The smallest absolute Gasteiger partial charge is 0.152 e. The van der Waals surface area contributed by atoms with Gasteiger partial charge < -0.3 is 9.52 Å². The lowest BCUT2D eigenvalue weighted by Gasteiger charge is -2.07. The molecule has 4 heteroatoms. The zero-order chi connectivity index (χ0) is 14.8. The summed E-state index contributed by atoms with van der Waals surface area (Å²) in [5, 5.41) is 11.8. The average Bonchev–Trinajstić information content (AvgIpc) is 2.90. The van der Waals surface area contributed by atoms with E-state index >= 15 is 0 Å². The maximum Gasteiger partial charge on any atom is 0.152 e. The molecule has 1 N–H and O–H groups in total. The highest BCUT2D eigenvalue weighted by Gasteiger charge is 2.15. The Hall–Kier alpha value is -1.42. The number of benzene rings is 2. The van der Waals surface area contributed by atoms with E-state index in [0.29, 0.717) is 22.1 Å². The molecule has 108 valence electrons. The first-order valence-corrected chi connectivity index (χ1v) is 8.05. The van der Waals surface area contributed by atoms with Crippen LogP contribution in [0.25, 0.3) is 11.0 Å². The van der Waals surface area contributed by atoms with E-state index in [9.17, 15) is 5.11 Å². The molecular weight excluding hydrogens is 304 g/mol. The van der Waals surface area contributed by atoms with Crippen LogP contribution in [0.3, 0.4) is 0 Å². The van der Waals surface area contributed by atoms with Gasteiger partial charge in [-0.1, -0.05) is 41.4 Å². The Morgan fingerprint density at radius 2 is 2.00 bits per heavy atom. The monoisotopic (exact) mass is 318 g/mol. The average molecular weight is 319 g/mol. The van der Waals surface area contributed by atoms with Gasteiger partial charge in [-0.15, -0.1) is 11.8 Å². The highest BCUT2D eigenvalue weighted by molar-refractivity contribution is 7.99. The van der Waals surface area contributed by atoms with Crippen LogP contribution in [-0.2, 0) is 0 Å². The maximum atomic E-state index is 10.3. The van der Waals surface area contributed by atoms with Gasteiger partial charge in [-0.2, -0.15) is 0 Å². The number of hydrogen-bond donors (Lipinski definition) is 1. The summed E-state index contributed by atoms with van der Waals surface area (Å²) in [5.74, 6) is 1.10. The van der Waals surface area contributed by atoms with E-state index < -0.39 is 6.10 Å². The summed E-state index contributed by atoms with van der Waals surface area (Å²) in [5.41, 5.74) is 1.85. The fourth-order valence-corrected chi connectivity index (χ4v) is 3.35. The van der Waals surface area contributed by atoms with E-state index in [4.69, 9.17) is 16.0 Å². The Labute approximate surface area is 132 Å². The molecule has 21 heavy (non-hydrogen) atoms. The van der Waals surface area contributed by atoms with Crippen LogP contribution in [0.4, 0.5) is 0 Å². The number of aliphatic hydroxyl groups is 1. The van der Waals surface area contributed by atoms with Crippen molar-refractivity contribution in [1.82, 2.24) is 0 Å². The van der Waals surface area contributed by atoms with Gasteiger partial charge in [0, 0.05) is 16.0 Å². The number of thioether (sulfide) groups is 1. The van der Waals surface area contributed by atoms with Crippen molar-refractivity contribution in [2.45, 2.75) is 17.9 Å². The number of halogens is 1. The van der Waals surface area contributed by atoms with Crippen LogP contribution in [-0.4, -0.2) is 10.9 Å². The van der Waals surface area contributed by atoms with Gasteiger partial charge in [0.2, 0.25) is 0 Å². The van der Waals surface area contributed by atoms with E-state index in [2.05, 4.69) is 19.1 Å². The van der Waals surface area contributed by atoms with E-state index in [0.717, 1.165) is 10.3 Å². The van der Waals surface area contributed by atoms with Gasteiger partial charge in [-0.05, 0) is 31.2 Å². The van der Waals surface area contributed by atoms with Gasteiger partial charge in [0.15, 0.2) is 5.58 Å². The van der Waals surface area contributed by atoms with E-state index in [-0.39, 0.29) is 0 Å². The number of rotatable bonds is 4. The standard InChI is InChI=1S/C17H15ClO2S/c1-11-4-2-6-13(8-11)21-10-15(19)16-9-12-5-3-7-14(18)17(12)20-16/h2-9,15,19H,10H2,1H3. The first kappa shape index (κ1) is 14.5. The molecule has 0 amide bonds. The van der Waals surface area contributed by atoms with Crippen molar-refractivity contribution in [2.75, 3.05) is 5.75 Å². The van der Waals surface area contributed by atoms with Crippen LogP contribution in [0.1, 0.15) is 17.4 Å². The van der Waals surface area contributed by atoms with E-state index in [1.54, 1.807) is 17.8 Å². The summed E-state index contributed by atoms with van der Waals surface area (Å²) in [7, 11) is 0.